The van der Waals surface area contributed by atoms with Gasteiger partial charge in [-0.05, 0) is 117 Å². The highest BCUT2D eigenvalue weighted by Gasteiger charge is 2.41. The molecule has 6 amide bonds. The number of amides is 6. The van der Waals surface area contributed by atoms with Crippen LogP contribution in [0, 0.1) is 81.8 Å². The van der Waals surface area contributed by atoms with Crippen molar-refractivity contribution in [2.75, 3.05) is 189 Å². The van der Waals surface area contributed by atoms with Crippen LogP contribution >= 0.6 is 0 Å². The van der Waals surface area contributed by atoms with Crippen molar-refractivity contribution in [2.45, 2.75) is 123 Å². The van der Waals surface area contributed by atoms with E-state index in [1.54, 1.807) is 98.6 Å². The maximum absolute atomic E-state index is 12.9. The molecule has 0 unspecified atom stereocenters. The van der Waals surface area contributed by atoms with Crippen LogP contribution in [-0.4, -0.2) is 351 Å². The van der Waals surface area contributed by atoms with Gasteiger partial charge in [-0.25, -0.2) is 99.2 Å². The Kier molecular flexibility index (Phi) is 22.9. The first kappa shape index (κ1) is 68.3. The molecule has 6 aliphatic rings. The van der Waals surface area contributed by atoms with Crippen molar-refractivity contribution in [3.8, 4) is 0 Å². The van der Waals surface area contributed by atoms with Gasteiger partial charge in [-0.2, -0.15) is 0 Å². The van der Waals surface area contributed by atoms with Gasteiger partial charge in [0.25, 0.3) is 39.3 Å². The molecule has 6 saturated heterocycles. The van der Waals surface area contributed by atoms with E-state index in [-0.39, 0.29) is 155 Å². The number of anilines is 6. The van der Waals surface area contributed by atoms with Crippen LogP contribution in [0.25, 0.3) is 95.3 Å². The molecule has 6 N–H and O–H groups in total. The van der Waals surface area contributed by atoms with Crippen molar-refractivity contribution in [1.29, 1.82) is 0 Å². The molecule has 12 aromatic heterocycles. The van der Waals surface area contributed by atoms with Crippen molar-refractivity contribution in [1.82, 2.24) is 119 Å². The van der Waals surface area contributed by atoms with E-state index in [9.17, 15) is 30.1 Å². The van der Waals surface area contributed by atoms with Gasteiger partial charge in [-0.3, -0.25) is 28.8 Å². The maximum atomic E-state index is 12.9. The number of aromatic amines is 6. The molecular weight excluding hydrogens is 1770 g/mol. The molecule has 18 rings (SSSR count). The molecule has 726 valence electrons. The average Bonchev–Trinajstić information content (AvgIpc) is 0.681. The Morgan fingerprint density at radius 3 is 1.10 bits per heavy atom. The molecular formula is C97H122N36O6. The molecule has 6 fully saturated rings. The van der Waals surface area contributed by atoms with Crippen molar-refractivity contribution in [3.05, 3.63) is 179 Å². The number of nitrogens with one attached hydrogen (secondary N) is 6. The van der Waals surface area contributed by atoms with Gasteiger partial charge in [0, 0.05) is 183 Å². The number of likely N-dealkylation sites (N-methyl/N-ethyl adjacent to an activating group) is 6. The van der Waals surface area contributed by atoms with Crippen LogP contribution < -0.4 is 29.4 Å². The van der Waals surface area contributed by atoms with Crippen LogP contribution in [0.2, 0.25) is 0 Å². The maximum Gasteiger partial charge on any atom is 0.302 e. The van der Waals surface area contributed by atoms with Crippen molar-refractivity contribution in [3.63, 3.8) is 0 Å². The quantitative estimate of drug-likeness (QED) is 0.0435. The predicted molar refractivity (Wildman–Crippen MR) is 532 cm³/mol. The number of nitrogens with zero attached hydrogens (tertiary/aromatic N) is 30. The second-order valence-electron chi connectivity index (χ2n) is 33.3. The lowest BCUT2D eigenvalue weighted by molar-refractivity contribution is -0.131. The van der Waals surface area contributed by atoms with Crippen LogP contribution in [0.15, 0.2) is 105 Å². The monoisotopic (exact) mass is 1920 g/mol. The Balaban J connectivity index is 0.000000167. The summed E-state index contributed by atoms with van der Waals surface area (Å²) in [7, 11) is 8.87. The van der Waals surface area contributed by atoms with Gasteiger partial charge >= 0.3 is 35.4 Å². The SMILES string of the molecule is [2H]c1c(C)[nH]c2ncnc(N(C([2H])([2H])[2H])[C@@]3([2H])C([2H])([2H])N(C(=O)C[N+]#[C-])C([2H])([2H])C([2H])([2H])[C@@]3([2H])C([2H])([2H])[2H])c12.[2H]c1nc(N(C)[C@@]2([2H])CN(C(=O)C[N+]#[C-])CC[C@H]2C)c2cc[nH]c2n1.[2H]c1nc(N(C)[C@H]2CN(C(=O)C[N+]#[C-])CC[C@@]2([2H])C([2H])([2H])[2H])c2cc[nH]c2n1.[2H]c1nc(N(C)[C@H]2CN(C(=O)C[N+]#[C-])CC[C@@]2([2H])C)c2cc[nH]c2n1.[2H]c1nc(N(C)[C@H]2CN(C(=O)C[N+]#[C-])CC[C@H]2C([2H])([2H])[2H])c2cc[nH]c2n1.[2H]c1nc(N(C)[C@H]2CN(C(=O)C[N+]#[C-])CC[C@H]2C)c2cc[nH]c2n1. The highest BCUT2D eigenvalue weighted by Crippen LogP contribution is 2.37. The number of carbonyl (C=O) groups excluding carboxylic acids is 6. The third kappa shape index (κ3) is 23.5. The molecule has 42 heteroatoms. The highest BCUT2D eigenvalue weighted by atomic mass is 16.2. The molecule has 0 spiro atoms. The normalized spacial score (nSPS) is 28.3. The number of hydrogen-bond donors (Lipinski definition) is 6. The molecule has 0 aromatic carbocycles. The number of aromatic nitrogens is 18. The minimum Gasteiger partial charge on any atom is -0.354 e. The lowest BCUT2D eigenvalue weighted by Gasteiger charge is -2.41. The van der Waals surface area contributed by atoms with Gasteiger partial charge in [-0.1, -0.05) is 41.3 Å². The largest absolute Gasteiger partial charge is 0.354 e. The fourth-order valence-corrected chi connectivity index (χ4v) is 17.0. The Morgan fingerprint density at radius 2 is 0.712 bits per heavy atom. The number of rotatable bonds is 18. The van der Waals surface area contributed by atoms with Crippen molar-refractivity contribution >= 4 is 137 Å². The summed E-state index contributed by atoms with van der Waals surface area (Å²) in [6, 6.07) is 1.62. The lowest BCUT2D eigenvalue weighted by Crippen LogP contribution is -2.53. The van der Waals surface area contributed by atoms with Gasteiger partial charge in [-0.15, -0.1) is 0 Å². The molecule has 12 atom stereocenters. The van der Waals surface area contributed by atoms with Gasteiger partial charge in [0.05, 0.1) is 75.4 Å². The zero-order chi connectivity index (χ0) is 124. The summed E-state index contributed by atoms with van der Waals surface area (Å²) < 4.78 is 239. The zero-order valence-corrected chi connectivity index (χ0v) is 77.6. The summed E-state index contributed by atoms with van der Waals surface area (Å²) in [5.74, 6) is -8.64. The van der Waals surface area contributed by atoms with Crippen LogP contribution in [0.3, 0.4) is 0 Å². The molecule has 42 nitrogen and oxygen atoms in total. The summed E-state index contributed by atoms with van der Waals surface area (Å²) in [6.07, 6.45) is 6.80. The lowest BCUT2D eigenvalue weighted by atomic mass is 9.92. The van der Waals surface area contributed by atoms with Crippen LogP contribution in [0.4, 0.5) is 34.9 Å². The minimum atomic E-state index is -4.30. The molecule has 18 heterocycles. The van der Waals surface area contributed by atoms with Crippen molar-refractivity contribution in [2.24, 2.45) is 35.4 Å². The third-order valence-electron chi connectivity index (χ3n) is 24.8. The topological polar surface area (TPSA) is 417 Å². The second-order valence-corrected chi connectivity index (χ2v) is 33.3. The number of hydrogen-bond acceptors (Lipinski definition) is 24. The molecule has 0 bridgehead atoms. The fraction of sp³-hybridized carbons (Fsp3) is 0.505. The minimum absolute atomic E-state index is 0.00682. The number of fused-ring (bicyclic) bond motifs is 6. The van der Waals surface area contributed by atoms with Gasteiger partial charge in [0.15, 0.2) is 0 Å². The van der Waals surface area contributed by atoms with E-state index in [0.29, 0.717) is 133 Å². The van der Waals surface area contributed by atoms with E-state index in [1.165, 1.54) is 11.8 Å². The van der Waals surface area contributed by atoms with E-state index >= 15 is 0 Å². The second kappa shape index (κ2) is 46.7. The third-order valence-corrected chi connectivity index (χ3v) is 24.8. The molecule has 139 heavy (non-hydrogen) atoms. The molecule has 0 radical (unpaired) electrons. The Labute approximate surface area is 848 Å². The first-order chi connectivity index (χ1) is 78.4. The molecule has 12 aromatic rings. The fourth-order valence-electron chi connectivity index (χ4n) is 17.0. The van der Waals surface area contributed by atoms with Gasteiger partial charge < -0.3 is 118 Å². The number of carbonyl (C=O) groups is 6. The van der Waals surface area contributed by atoms with E-state index in [1.807, 2.05) is 55.9 Å². The van der Waals surface area contributed by atoms with Crippen LogP contribution in [-0.2, 0) is 28.8 Å². The van der Waals surface area contributed by atoms with E-state index in [0.717, 1.165) is 28.9 Å². The first-order valence-electron chi connectivity index (χ1n) is 58.5. The summed E-state index contributed by atoms with van der Waals surface area (Å²) in [6.45, 7) is 29.1. The van der Waals surface area contributed by atoms with E-state index in [4.69, 9.17) is 77.8 Å². The van der Waals surface area contributed by atoms with E-state index < -0.39 is 135 Å². The van der Waals surface area contributed by atoms with E-state index in [2.05, 4.69) is 126 Å². The summed E-state index contributed by atoms with van der Waals surface area (Å²) >= 11 is 0. The summed E-state index contributed by atoms with van der Waals surface area (Å²) in [4.78, 5) is 175. The first-order valence-corrected chi connectivity index (χ1v) is 44.0. The average molecular weight is 1920 g/mol. The summed E-state index contributed by atoms with van der Waals surface area (Å²) in [5, 5.41) is 3.21. The molecule has 6 aliphatic heterocycles. The Bertz CT molecular complexity index is 8050. The predicted octanol–water partition coefficient (Wildman–Crippen LogP) is 9.61. The van der Waals surface area contributed by atoms with Gasteiger partial charge in [0.1, 0.15) is 113 Å². The highest BCUT2D eigenvalue weighted by molar-refractivity contribution is 5.93. The zero-order valence-electron chi connectivity index (χ0n) is 107. The van der Waals surface area contributed by atoms with Gasteiger partial charge in [0.2, 0.25) is 0 Å². The summed E-state index contributed by atoms with van der Waals surface area (Å²) in [5.41, 5.74) is 2.61. The Morgan fingerprint density at radius 1 is 0.381 bits per heavy atom. The molecule has 0 saturated carbocycles. The Hall–Kier alpha value is -15.7. The van der Waals surface area contributed by atoms with Crippen molar-refractivity contribution < 1.29 is 68.5 Å². The van der Waals surface area contributed by atoms with Crippen LogP contribution in [0.1, 0.15) is 125 Å². The standard InChI is InChI=1S/C17H22N6O.5C16H20N6O/c1-11-5-6-23(15(24)8-18-3)9-14(11)22(4)17-13-7-12(2)21-16(13)19-10-20-17;5*1-11-5-7-22(14(23)8-17-2)9-13(11)21(3)16-12-4-6-18-15(12)19-10-20-16/h7,10-11,14H,5-6,8-9H2,1-2,4H3,(H,19,20,21);5*4,6,10-11,13H,5,7-9H2,1,3H3,(H,18,19,20)/t11-,14+;5*11-,13+/m111111/s1/i1D3,4D3,5D2,6D2,7D,9D2,11D,14D;1D3,10D,11D;10D,13D;10D,11D;1D3,10D;10D. The number of likely N-dealkylation sites (tertiary alicyclic amines) is 6. The molecule has 0 aliphatic carbocycles. The smallest absolute Gasteiger partial charge is 0.302 e. The number of piperidine rings is 6. The van der Waals surface area contributed by atoms with Crippen LogP contribution in [0.5, 0.6) is 0 Å². The number of H-pyrrole nitrogens is 6. The number of aryl methyl sites for hydroxylation is 1.